The molecule has 0 spiro atoms. The smallest absolute Gasteiger partial charge is 0.270 e. The van der Waals surface area contributed by atoms with Crippen LogP contribution in [0.3, 0.4) is 0 Å². The van der Waals surface area contributed by atoms with Crippen molar-refractivity contribution >= 4 is 5.91 Å². The molecule has 0 radical (unpaired) electrons. The van der Waals surface area contributed by atoms with E-state index in [0.29, 0.717) is 40.7 Å². The van der Waals surface area contributed by atoms with Gasteiger partial charge < -0.3 is 15.0 Å². The highest BCUT2D eigenvalue weighted by molar-refractivity contribution is 5.93. The number of hydrogen-bond acceptors (Lipinski definition) is 3. The maximum Gasteiger partial charge on any atom is 0.270 e. The molecule has 1 heterocycles. The lowest BCUT2D eigenvalue weighted by Gasteiger charge is -2.68. The number of hydrogen-bond donors (Lipinski definition) is 2. The summed E-state index contributed by atoms with van der Waals surface area (Å²) in [6.07, 6.45) is 13.2. The van der Waals surface area contributed by atoms with Crippen LogP contribution in [0.25, 0.3) is 0 Å². The number of carbonyl (C=O) groups excluding carboxylic acids is 1. The van der Waals surface area contributed by atoms with Gasteiger partial charge in [0.25, 0.3) is 5.91 Å². The number of nitrogens with zero attached hydrogens (tertiary/aromatic N) is 2. The van der Waals surface area contributed by atoms with Crippen LogP contribution in [0.5, 0.6) is 0 Å². The Balaban J connectivity index is 1.38. The highest BCUT2D eigenvalue weighted by Gasteiger charge is 2.66. The zero-order valence-corrected chi connectivity index (χ0v) is 25.4. The van der Waals surface area contributed by atoms with Crippen LogP contribution in [-0.2, 0) is 7.05 Å². The van der Waals surface area contributed by atoms with Crippen LogP contribution < -0.4 is 5.32 Å². The summed E-state index contributed by atoms with van der Waals surface area (Å²) in [5, 5.41) is 14.6. The second-order valence-corrected chi connectivity index (χ2v) is 15.5. The van der Waals surface area contributed by atoms with Gasteiger partial charge in [0.05, 0.1) is 24.2 Å². The summed E-state index contributed by atoms with van der Waals surface area (Å²) < 4.78 is 1.82. The molecule has 5 aliphatic rings. The van der Waals surface area contributed by atoms with Crippen LogP contribution in [0.2, 0.25) is 0 Å². The zero-order valence-electron chi connectivity index (χ0n) is 25.4. The van der Waals surface area contributed by atoms with Crippen molar-refractivity contribution < 1.29 is 9.90 Å². The summed E-state index contributed by atoms with van der Waals surface area (Å²) >= 11 is 0. The largest absolute Gasteiger partial charge is 0.393 e. The Morgan fingerprint density at radius 2 is 1.77 bits per heavy atom. The Kier molecular flexibility index (Phi) is 6.17. The van der Waals surface area contributed by atoms with E-state index < -0.39 is 0 Å². The lowest BCUT2D eigenvalue weighted by atomic mass is 9.37. The van der Waals surface area contributed by atoms with Gasteiger partial charge in [-0.2, -0.15) is 0 Å². The Labute approximate surface area is 235 Å². The van der Waals surface area contributed by atoms with Crippen LogP contribution in [0.4, 0.5) is 0 Å². The molecule has 1 amide bonds. The molecule has 6 rings (SSSR count). The monoisotopic (exact) mass is 533 g/mol. The van der Waals surface area contributed by atoms with Crippen LogP contribution in [0.15, 0.2) is 35.8 Å². The molecule has 8 unspecified atom stereocenters. The molecule has 5 nitrogen and oxygen atoms in total. The fourth-order valence-corrected chi connectivity index (χ4v) is 11.5. The van der Waals surface area contributed by atoms with Crippen molar-refractivity contribution in [3.05, 3.63) is 41.5 Å². The fourth-order valence-electron chi connectivity index (χ4n) is 11.5. The first-order valence-corrected chi connectivity index (χ1v) is 15.7. The van der Waals surface area contributed by atoms with Gasteiger partial charge in [-0.05, 0) is 120 Å². The van der Waals surface area contributed by atoms with E-state index in [0.717, 1.165) is 32.1 Å². The second kappa shape index (κ2) is 8.81. The van der Waals surface area contributed by atoms with E-state index in [-0.39, 0.29) is 28.4 Å². The number of aromatic nitrogens is 2. The van der Waals surface area contributed by atoms with E-state index in [9.17, 15) is 9.90 Å². The van der Waals surface area contributed by atoms with Crippen LogP contribution >= 0.6 is 0 Å². The number of imidazole rings is 1. The first kappa shape index (κ1) is 27.3. The highest BCUT2D eigenvalue weighted by Crippen LogP contribution is 2.72. The Morgan fingerprint density at radius 1 is 1.05 bits per heavy atom. The summed E-state index contributed by atoms with van der Waals surface area (Å²) in [7, 11) is 1.89. The topological polar surface area (TPSA) is 67.2 Å². The number of amides is 1. The Morgan fingerprint density at radius 3 is 2.44 bits per heavy atom. The number of aliphatic hydroxyl groups excluding tert-OH is 1. The number of carbonyl (C=O) groups is 1. The molecule has 1 aromatic rings. The maximum absolute atomic E-state index is 13.6. The number of aliphatic hydroxyl groups is 1. The van der Waals surface area contributed by atoms with Gasteiger partial charge >= 0.3 is 0 Å². The molecule has 0 aromatic carbocycles. The first-order valence-electron chi connectivity index (χ1n) is 15.7. The summed E-state index contributed by atoms with van der Waals surface area (Å²) in [5.41, 5.74) is 5.08. The molecule has 8 atom stereocenters. The molecule has 5 aliphatic carbocycles. The van der Waals surface area contributed by atoms with Gasteiger partial charge in [0.2, 0.25) is 0 Å². The molecule has 0 saturated heterocycles. The van der Waals surface area contributed by atoms with Crippen LogP contribution in [0.1, 0.15) is 110 Å². The third kappa shape index (κ3) is 3.66. The van der Waals surface area contributed by atoms with Crippen molar-refractivity contribution in [3.8, 4) is 0 Å². The van der Waals surface area contributed by atoms with Gasteiger partial charge in [-0.15, -0.1) is 0 Å². The number of nitrogens with one attached hydrogen (secondary N) is 1. The third-order valence-electron chi connectivity index (χ3n) is 13.1. The molecule has 214 valence electrons. The lowest BCUT2D eigenvalue weighted by Crippen LogP contribution is -2.64. The van der Waals surface area contributed by atoms with E-state index in [4.69, 9.17) is 0 Å². The standard InChI is InChI=1S/C34H51N3O2/c1-20(2)28-21(3)17-34(36-30(39)24-18-35-19-37(24)8)16-11-23-22(29(28)34)9-10-26-32(23,6)14-12-25-31(4,5)27(38)13-15-33(25,26)7/h18-20,22-23,25-27,38H,3,9-17H2,1-2,4-8H3,(H,36,39). The summed E-state index contributed by atoms with van der Waals surface area (Å²) in [4.78, 5) is 17.8. The van der Waals surface area contributed by atoms with Gasteiger partial charge in [0, 0.05) is 7.05 Å². The molecular formula is C34H51N3O2. The molecule has 1 aromatic heterocycles. The number of aryl methyl sites for hydroxylation is 1. The summed E-state index contributed by atoms with van der Waals surface area (Å²) in [6, 6.07) is 0. The minimum absolute atomic E-state index is 0.0142. The SMILES string of the molecule is C=C1CC2(NC(=O)c3cncn3C)CCC3C(CCC4C3(C)CCC3C(C)(C)C(O)CCC34C)C2=C1C(C)C. The van der Waals surface area contributed by atoms with Gasteiger partial charge in [-0.3, -0.25) is 4.79 Å². The van der Waals surface area contributed by atoms with Crippen molar-refractivity contribution in [2.24, 2.45) is 52.9 Å². The van der Waals surface area contributed by atoms with E-state index in [1.165, 1.54) is 42.4 Å². The lowest BCUT2D eigenvalue weighted by molar-refractivity contribution is -0.202. The predicted molar refractivity (Wildman–Crippen MR) is 156 cm³/mol. The van der Waals surface area contributed by atoms with Gasteiger partial charge in [0.15, 0.2) is 0 Å². The van der Waals surface area contributed by atoms with Gasteiger partial charge in [0.1, 0.15) is 5.69 Å². The molecule has 0 bridgehead atoms. The highest BCUT2D eigenvalue weighted by atomic mass is 16.3. The predicted octanol–water partition coefficient (Wildman–Crippen LogP) is 6.84. The van der Waals surface area contributed by atoms with Crippen molar-refractivity contribution in [3.63, 3.8) is 0 Å². The summed E-state index contributed by atoms with van der Waals surface area (Å²) in [5.74, 6) is 2.81. The van der Waals surface area contributed by atoms with Gasteiger partial charge in [-0.1, -0.05) is 48.1 Å². The van der Waals surface area contributed by atoms with Crippen molar-refractivity contribution in [1.82, 2.24) is 14.9 Å². The fraction of sp³-hybridized carbons (Fsp3) is 0.765. The molecule has 4 saturated carbocycles. The Bertz CT molecular complexity index is 1220. The molecule has 4 fully saturated rings. The second-order valence-electron chi connectivity index (χ2n) is 15.5. The molecule has 5 heteroatoms. The van der Waals surface area contributed by atoms with E-state index >= 15 is 0 Å². The van der Waals surface area contributed by atoms with E-state index in [1.54, 1.807) is 12.5 Å². The van der Waals surface area contributed by atoms with Crippen molar-refractivity contribution in [2.75, 3.05) is 0 Å². The van der Waals surface area contributed by atoms with Gasteiger partial charge in [-0.25, -0.2) is 4.98 Å². The zero-order chi connectivity index (χ0) is 28.1. The van der Waals surface area contributed by atoms with Crippen molar-refractivity contribution in [2.45, 2.75) is 111 Å². The quantitative estimate of drug-likeness (QED) is 0.447. The van der Waals surface area contributed by atoms with Crippen LogP contribution in [-0.4, -0.2) is 32.2 Å². The minimum Gasteiger partial charge on any atom is -0.393 e. The molecule has 0 aliphatic heterocycles. The minimum atomic E-state index is -0.319. The van der Waals surface area contributed by atoms with Crippen LogP contribution in [0, 0.1) is 45.8 Å². The number of fused-ring (bicyclic) bond motifs is 7. The molecular weight excluding hydrogens is 482 g/mol. The average Bonchev–Trinajstić information content (AvgIpc) is 3.41. The van der Waals surface area contributed by atoms with E-state index in [2.05, 4.69) is 58.4 Å². The normalized spacial score (nSPS) is 43.0. The maximum atomic E-state index is 13.6. The van der Waals surface area contributed by atoms with E-state index in [1.807, 2.05) is 11.6 Å². The molecule has 2 N–H and O–H groups in total. The Hall–Kier alpha value is -1.88. The molecule has 39 heavy (non-hydrogen) atoms. The van der Waals surface area contributed by atoms with Crippen molar-refractivity contribution in [1.29, 1.82) is 0 Å². The number of allylic oxidation sites excluding steroid dienone is 1. The third-order valence-corrected chi connectivity index (χ3v) is 13.1. The number of rotatable bonds is 3. The first-order chi connectivity index (χ1) is 18.3. The summed E-state index contributed by atoms with van der Waals surface area (Å²) in [6.45, 7) is 19.1. The average molecular weight is 534 g/mol.